The molecule has 3 aromatic rings. The maximum absolute atomic E-state index is 13.1. The SMILES string of the molecule is CN=C(NCc1cn(-c2ccc(F)cc2)nc1C)N(C)Cc1ccon1.I. The zero-order valence-corrected chi connectivity index (χ0v) is 17.7. The van der Waals surface area contributed by atoms with Gasteiger partial charge in [0.2, 0.25) is 0 Å². The van der Waals surface area contributed by atoms with Crippen LogP contribution in [-0.2, 0) is 13.1 Å². The molecule has 0 spiro atoms. The van der Waals surface area contributed by atoms with Crippen molar-refractivity contribution in [2.45, 2.75) is 20.0 Å². The quantitative estimate of drug-likeness (QED) is 0.343. The lowest BCUT2D eigenvalue weighted by molar-refractivity contribution is 0.391. The van der Waals surface area contributed by atoms with Crippen molar-refractivity contribution >= 4 is 29.9 Å². The van der Waals surface area contributed by atoms with Crippen LogP contribution in [0.4, 0.5) is 4.39 Å². The Morgan fingerprint density at radius 3 is 2.67 bits per heavy atom. The Labute approximate surface area is 174 Å². The third-order valence-corrected chi connectivity index (χ3v) is 3.99. The lowest BCUT2D eigenvalue weighted by Crippen LogP contribution is -2.38. The summed E-state index contributed by atoms with van der Waals surface area (Å²) in [5, 5.41) is 11.7. The molecule has 0 fully saturated rings. The van der Waals surface area contributed by atoms with E-state index in [4.69, 9.17) is 4.52 Å². The van der Waals surface area contributed by atoms with Gasteiger partial charge in [-0.05, 0) is 31.2 Å². The van der Waals surface area contributed by atoms with Gasteiger partial charge in [0.05, 0.1) is 17.9 Å². The van der Waals surface area contributed by atoms with Gasteiger partial charge in [-0.15, -0.1) is 24.0 Å². The van der Waals surface area contributed by atoms with E-state index in [0.717, 1.165) is 28.6 Å². The second-order valence-corrected chi connectivity index (χ2v) is 5.91. The summed E-state index contributed by atoms with van der Waals surface area (Å²) >= 11 is 0. The first-order chi connectivity index (χ1) is 12.6. The number of aromatic nitrogens is 3. The average molecular weight is 484 g/mol. The van der Waals surface area contributed by atoms with Crippen molar-refractivity contribution in [3.63, 3.8) is 0 Å². The van der Waals surface area contributed by atoms with E-state index in [-0.39, 0.29) is 29.8 Å². The van der Waals surface area contributed by atoms with Crippen LogP contribution in [-0.4, -0.2) is 39.9 Å². The van der Waals surface area contributed by atoms with Crippen LogP contribution in [0.1, 0.15) is 17.0 Å². The summed E-state index contributed by atoms with van der Waals surface area (Å²) in [5.41, 5.74) is 3.57. The third-order valence-electron chi connectivity index (χ3n) is 3.99. The van der Waals surface area contributed by atoms with Crippen molar-refractivity contribution in [2.24, 2.45) is 4.99 Å². The second kappa shape index (κ2) is 9.49. The molecular weight excluding hydrogens is 462 g/mol. The van der Waals surface area contributed by atoms with Crippen LogP contribution in [0.15, 0.2) is 52.3 Å². The molecule has 0 amide bonds. The summed E-state index contributed by atoms with van der Waals surface area (Å²) in [6, 6.07) is 8.06. The van der Waals surface area contributed by atoms with E-state index in [9.17, 15) is 4.39 Å². The number of aryl methyl sites for hydroxylation is 1. The summed E-state index contributed by atoms with van der Waals surface area (Å²) in [5.74, 6) is 0.473. The minimum absolute atomic E-state index is 0. The molecule has 0 aliphatic rings. The molecule has 3 rings (SSSR count). The number of guanidine groups is 1. The molecule has 0 saturated heterocycles. The van der Waals surface area contributed by atoms with Crippen LogP contribution in [0, 0.1) is 12.7 Å². The highest BCUT2D eigenvalue weighted by molar-refractivity contribution is 14.0. The molecular formula is C18H22FIN6O. The Balaban J connectivity index is 0.00000261. The Morgan fingerprint density at radius 1 is 1.30 bits per heavy atom. The summed E-state index contributed by atoms with van der Waals surface area (Å²) in [6.07, 6.45) is 3.48. The van der Waals surface area contributed by atoms with Crippen LogP contribution in [0.3, 0.4) is 0 Å². The molecule has 2 aromatic heterocycles. The molecule has 27 heavy (non-hydrogen) atoms. The summed E-state index contributed by atoms with van der Waals surface area (Å²) < 4.78 is 19.7. The number of benzene rings is 1. The van der Waals surface area contributed by atoms with E-state index in [1.54, 1.807) is 30.1 Å². The van der Waals surface area contributed by atoms with Gasteiger partial charge < -0.3 is 14.7 Å². The van der Waals surface area contributed by atoms with Crippen molar-refractivity contribution in [3.05, 3.63) is 65.6 Å². The van der Waals surface area contributed by atoms with Crippen molar-refractivity contribution in [2.75, 3.05) is 14.1 Å². The molecule has 0 radical (unpaired) electrons. The lowest BCUT2D eigenvalue weighted by atomic mass is 10.2. The van der Waals surface area contributed by atoms with Gasteiger partial charge in [0.25, 0.3) is 0 Å². The highest BCUT2D eigenvalue weighted by atomic mass is 127. The van der Waals surface area contributed by atoms with Gasteiger partial charge in [-0.25, -0.2) is 9.07 Å². The Hall–Kier alpha value is -2.43. The van der Waals surface area contributed by atoms with Crippen molar-refractivity contribution in [1.82, 2.24) is 25.2 Å². The molecule has 0 bridgehead atoms. The monoisotopic (exact) mass is 484 g/mol. The Bertz CT molecular complexity index is 876. The molecule has 1 aromatic carbocycles. The molecule has 0 aliphatic carbocycles. The summed E-state index contributed by atoms with van der Waals surface area (Å²) in [6.45, 7) is 3.10. The van der Waals surface area contributed by atoms with Gasteiger partial charge in [-0.2, -0.15) is 5.10 Å². The van der Waals surface area contributed by atoms with E-state index in [1.165, 1.54) is 12.1 Å². The predicted molar refractivity (Wildman–Crippen MR) is 112 cm³/mol. The van der Waals surface area contributed by atoms with Crippen molar-refractivity contribution in [1.29, 1.82) is 0 Å². The van der Waals surface area contributed by atoms with Crippen LogP contribution in [0.2, 0.25) is 0 Å². The number of hydrogen-bond acceptors (Lipinski definition) is 4. The second-order valence-electron chi connectivity index (χ2n) is 5.91. The Kier molecular flexibility index (Phi) is 7.34. The molecule has 1 N–H and O–H groups in total. The van der Waals surface area contributed by atoms with Crippen LogP contribution >= 0.6 is 24.0 Å². The lowest BCUT2D eigenvalue weighted by Gasteiger charge is -2.20. The largest absolute Gasteiger partial charge is 0.364 e. The zero-order valence-electron chi connectivity index (χ0n) is 15.4. The fourth-order valence-corrected chi connectivity index (χ4v) is 2.59. The maximum atomic E-state index is 13.1. The number of nitrogens with one attached hydrogen (secondary N) is 1. The van der Waals surface area contributed by atoms with E-state index in [2.05, 4.69) is 20.6 Å². The van der Waals surface area contributed by atoms with Crippen LogP contribution < -0.4 is 5.32 Å². The zero-order chi connectivity index (χ0) is 18.5. The normalized spacial score (nSPS) is 11.2. The molecule has 0 saturated carbocycles. The number of halogens is 2. The van der Waals surface area contributed by atoms with E-state index >= 15 is 0 Å². The minimum atomic E-state index is -0.265. The fraction of sp³-hybridized carbons (Fsp3) is 0.278. The van der Waals surface area contributed by atoms with Gasteiger partial charge in [-0.1, -0.05) is 5.16 Å². The van der Waals surface area contributed by atoms with Gasteiger partial charge in [0.15, 0.2) is 5.96 Å². The maximum Gasteiger partial charge on any atom is 0.194 e. The van der Waals surface area contributed by atoms with Gasteiger partial charge in [-0.3, -0.25) is 4.99 Å². The predicted octanol–water partition coefficient (Wildman–Crippen LogP) is 3.13. The number of hydrogen-bond donors (Lipinski definition) is 1. The van der Waals surface area contributed by atoms with Gasteiger partial charge >= 0.3 is 0 Å². The van der Waals surface area contributed by atoms with E-state index in [1.807, 2.05) is 31.1 Å². The highest BCUT2D eigenvalue weighted by Crippen LogP contribution is 2.13. The molecule has 7 nitrogen and oxygen atoms in total. The average Bonchev–Trinajstić information content (AvgIpc) is 3.26. The summed E-state index contributed by atoms with van der Waals surface area (Å²) in [7, 11) is 3.66. The first-order valence-corrected chi connectivity index (χ1v) is 8.19. The topological polar surface area (TPSA) is 71.5 Å². The molecule has 9 heteroatoms. The van der Waals surface area contributed by atoms with E-state index in [0.29, 0.717) is 13.1 Å². The molecule has 144 valence electrons. The highest BCUT2D eigenvalue weighted by Gasteiger charge is 2.11. The third kappa shape index (κ3) is 5.28. The molecule has 0 unspecified atom stereocenters. The van der Waals surface area contributed by atoms with Crippen LogP contribution in [0.25, 0.3) is 5.69 Å². The number of nitrogens with zero attached hydrogens (tertiary/aromatic N) is 5. The Morgan fingerprint density at radius 2 is 2.04 bits per heavy atom. The summed E-state index contributed by atoms with van der Waals surface area (Å²) in [4.78, 5) is 6.25. The first-order valence-electron chi connectivity index (χ1n) is 8.19. The number of aliphatic imine (C=N–C) groups is 1. The van der Waals surface area contributed by atoms with Crippen molar-refractivity contribution < 1.29 is 8.91 Å². The standard InChI is InChI=1S/C18H21FN6O.HI/c1-13-14(11-25(22-13)17-6-4-15(19)5-7-17)10-21-18(20-2)24(3)12-16-8-9-26-23-16;/h4-9,11H,10,12H2,1-3H3,(H,20,21);1H. The molecule has 0 aliphatic heterocycles. The minimum Gasteiger partial charge on any atom is -0.364 e. The molecule has 2 heterocycles. The van der Waals surface area contributed by atoms with Crippen LogP contribution in [0.5, 0.6) is 0 Å². The van der Waals surface area contributed by atoms with E-state index < -0.39 is 0 Å². The van der Waals surface area contributed by atoms with Crippen molar-refractivity contribution in [3.8, 4) is 5.69 Å². The van der Waals surface area contributed by atoms with Gasteiger partial charge in [0, 0.05) is 38.5 Å². The molecule has 0 atom stereocenters. The fourth-order valence-electron chi connectivity index (χ4n) is 2.59. The number of rotatable bonds is 5. The van der Waals surface area contributed by atoms with Gasteiger partial charge in [0.1, 0.15) is 17.8 Å². The smallest absolute Gasteiger partial charge is 0.194 e. The first kappa shape index (κ1) is 20.9.